The average Bonchev–Trinajstić information content (AvgIpc) is 3.55. The number of alkyl halides is 5. The lowest BCUT2D eigenvalue weighted by Crippen LogP contribution is -2.16. The molecular formula is C26H18F5N5O3S. The van der Waals surface area contributed by atoms with Crippen LogP contribution in [-0.4, -0.2) is 39.3 Å². The van der Waals surface area contributed by atoms with Crippen molar-refractivity contribution in [3.63, 3.8) is 0 Å². The molecule has 0 spiro atoms. The number of aromatic nitrogens is 5. The first-order valence-electron chi connectivity index (χ1n) is 11.5. The van der Waals surface area contributed by atoms with Crippen LogP contribution >= 0.6 is 0 Å². The van der Waals surface area contributed by atoms with Crippen LogP contribution in [0.4, 0.5) is 22.0 Å². The second kappa shape index (κ2) is 10.5. The fourth-order valence-corrected chi connectivity index (χ4v) is 4.61. The van der Waals surface area contributed by atoms with Gasteiger partial charge in [-0.3, -0.25) is 0 Å². The highest BCUT2D eigenvalue weighted by molar-refractivity contribution is 7.72. The molecule has 3 aromatic carbocycles. The van der Waals surface area contributed by atoms with Gasteiger partial charge in [0.1, 0.15) is 17.3 Å². The zero-order valence-corrected chi connectivity index (χ0v) is 21.3. The van der Waals surface area contributed by atoms with Crippen molar-refractivity contribution in [2.24, 2.45) is 0 Å². The van der Waals surface area contributed by atoms with E-state index in [0.717, 1.165) is 12.1 Å². The molecule has 0 unspecified atom stereocenters. The van der Waals surface area contributed by atoms with Crippen molar-refractivity contribution in [3.05, 3.63) is 90.6 Å². The minimum Gasteiger partial charge on any atom is -0.406 e. The fourth-order valence-electron chi connectivity index (χ4n) is 4.16. The molecule has 2 aromatic heterocycles. The second-order valence-electron chi connectivity index (χ2n) is 8.50. The summed E-state index contributed by atoms with van der Waals surface area (Å²) < 4.78 is 94.5. The van der Waals surface area contributed by atoms with Crippen molar-refractivity contribution in [2.45, 2.75) is 24.6 Å². The molecule has 0 bridgehead atoms. The number of imidazole rings is 1. The van der Waals surface area contributed by atoms with Gasteiger partial charge in [-0.05, 0) is 66.6 Å². The summed E-state index contributed by atoms with van der Waals surface area (Å²) in [7, 11) is -2.83. The van der Waals surface area contributed by atoms with Gasteiger partial charge in [-0.1, -0.05) is 23.4 Å². The minimum atomic E-state index is -4.85. The van der Waals surface area contributed by atoms with E-state index in [1.807, 2.05) is 0 Å². The summed E-state index contributed by atoms with van der Waals surface area (Å²) >= 11 is 0. The molecule has 0 saturated heterocycles. The van der Waals surface area contributed by atoms with Crippen LogP contribution in [0, 0.1) is 6.92 Å². The van der Waals surface area contributed by atoms with Gasteiger partial charge in [0.15, 0.2) is 10.7 Å². The number of benzene rings is 3. The lowest BCUT2D eigenvalue weighted by molar-refractivity contribution is -0.274. The molecule has 5 aromatic rings. The average molecular weight is 576 g/mol. The summed E-state index contributed by atoms with van der Waals surface area (Å²) in [6, 6.07) is 16.3. The molecule has 0 radical (unpaired) electrons. The Morgan fingerprint density at radius 3 is 2.25 bits per heavy atom. The number of nitrogens with zero attached hydrogens (tertiary/aromatic N) is 5. The monoisotopic (exact) mass is 575 g/mol. The van der Waals surface area contributed by atoms with Crippen LogP contribution in [0.3, 0.4) is 0 Å². The third kappa shape index (κ3) is 5.57. The molecule has 0 aliphatic rings. The van der Waals surface area contributed by atoms with Crippen LogP contribution in [0.15, 0.2) is 84.0 Å². The molecule has 2 heterocycles. The van der Waals surface area contributed by atoms with Crippen molar-refractivity contribution in [3.8, 4) is 39.5 Å². The Bertz CT molecular complexity index is 1750. The lowest BCUT2D eigenvalue weighted by atomic mass is 10.0. The zero-order valence-electron chi connectivity index (χ0n) is 20.4. The summed E-state index contributed by atoms with van der Waals surface area (Å²) in [5.74, 6) is -0.145. The van der Waals surface area contributed by atoms with Crippen molar-refractivity contribution in [2.75, 3.05) is 0 Å². The van der Waals surface area contributed by atoms with Gasteiger partial charge in [-0.25, -0.2) is 26.9 Å². The van der Waals surface area contributed by atoms with Crippen LogP contribution < -0.4 is 4.74 Å². The highest BCUT2D eigenvalue weighted by atomic mass is 32.2. The zero-order chi connectivity index (χ0) is 28.6. The van der Waals surface area contributed by atoms with E-state index in [2.05, 4.69) is 20.0 Å². The number of rotatable bonds is 7. The molecule has 8 nitrogen and oxygen atoms in total. The van der Waals surface area contributed by atoms with Gasteiger partial charge in [-0.2, -0.15) is 0 Å². The predicted octanol–water partition coefficient (Wildman–Crippen LogP) is 5.90. The third-order valence-electron chi connectivity index (χ3n) is 5.91. The molecule has 40 heavy (non-hydrogen) atoms. The minimum absolute atomic E-state index is 0.104. The normalized spacial score (nSPS) is 11.9. The maximum atomic E-state index is 13.4. The topological polar surface area (TPSA) is 91.9 Å². The number of ether oxygens (including phenoxy) is 1. The predicted molar refractivity (Wildman–Crippen MR) is 134 cm³/mol. The Kier molecular flexibility index (Phi) is 7.10. The van der Waals surface area contributed by atoms with Gasteiger partial charge in [-0.15, -0.1) is 18.3 Å². The molecular weight excluding hydrogens is 557 g/mol. The summed E-state index contributed by atoms with van der Waals surface area (Å²) in [6.45, 7) is 1.56. The van der Waals surface area contributed by atoms with Gasteiger partial charge < -0.3 is 9.30 Å². The van der Waals surface area contributed by atoms with Gasteiger partial charge in [0, 0.05) is 11.8 Å². The van der Waals surface area contributed by atoms with Crippen molar-refractivity contribution < 1.29 is 35.1 Å². The van der Waals surface area contributed by atoms with Crippen molar-refractivity contribution in [1.29, 1.82) is 0 Å². The maximum Gasteiger partial charge on any atom is 0.573 e. The summed E-state index contributed by atoms with van der Waals surface area (Å²) in [5, 5.41) is 8.12. The smallest absolute Gasteiger partial charge is 0.406 e. The fraction of sp³-hybridized carbons (Fsp3) is 0.115. The van der Waals surface area contributed by atoms with E-state index in [4.69, 9.17) is 0 Å². The highest BCUT2D eigenvalue weighted by Crippen LogP contribution is 2.33. The van der Waals surface area contributed by atoms with Gasteiger partial charge in [0.25, 0.3) is 6.43 Å². The largest absolute Gasteiger partial charge is 0.573 e. The van der Waals surface area contributed by atoms with Gasteiger partial charge in [0.05, 0.1) is 28.2 Å². The number of halogens is 5. The first kappa shape index (κ1) is 27.0. The van der Waals surface area contributed by atoms with Crippen LogP contribution in [0.2, 0.25) is 0 Å². The van der Waals surface area contributed by atoms with E-state index in [0.29, 0.717) is 33.8 Å². The number of thiol groups is 1. The van der Waals surface area contributed by atoms with E-state index in [1.54, 1.807) is 37.3 Å². The van der Waals surface area contributed by atoms with E-state index < -0.39 is 34.9 Å². The Labute approximate surface area is 225 Å². The molecule has 0 fully saturated rings. The van der Waals surface area contributed by atoms with E-state index >= 15 is 0 Å². The molecule has 0 atom stereocenters. The van der Waals surface area contributed by atoms with Crippen LogP contribution in [0.25, 0.3) is 33.8 Å². The number of hydrogen-bond acceptors (Lipinski definition) is 6. The Balaban J connectivity index is 1.67. The Morgan fingerprint density at radius 1 is 0.900 bits per heavy atom. The SMILES string of the molecule is Cc1nc(C(F)F)cn1-c1ccc(-c2cccc([SH](=O)=O)c2)cc1-n1nncc1-c1ccc(OC(F)(F)F)cc1. The molecule has 0 saturated carbocycles. The van der Waals surface area contributed by atoms with Crippen molar-refractivity contribution >= 4 is 10.7 Å². The maximum absolute atomic E-state index is 13.4. The van der Waals surface area contributed by atoms with Gasteiger partial charge in [0.2, 0.25) is 0 Å². The van der Waals surface area contributed by atoms with Gasteiger partial charge >= 0.3 is 6.36 Å². The first-order valence-corrected chi connectivity index (χ1v) is 12.7. The number of aryl methyl sites for hydroxylation is 1. The summed E-state index contributed by atoms with van der Waals surface area (Å²) in [6.07, 6.45) is -5.07. The first-order chi connectivity index (χ1) is 19.0. The van der Waals surface area contributed by atoms with E-state index in [9.17, 15) is 30.4 Å². The Hall–Kier alpha value is -4.59. The van der Waals surface area contributed by atoms with Crippen molar-refractivity contribution in [1.82, 2.24) is 24.5 Å². The molecule has 0 aliphatic carbocycles. The highest BCUT2D eigenvalue weighted by Gasteiger charge is 2.31. The molecule has 0 aliphatic heterocycles. The molecule has 0 amide bonds. The molecule has 5 rings (SSSR count). The Morgan fingerprint density at radius 2 is 1.60 bits per heavy atom. The molecule has 206 valence electrons. The van der Waals surface area contributed by atoms with E-state index in [-0.39, 0.29) is 10.7 Å². The van der Waals surface area contributed by atoms with E-state index in [1.165, 1.54) is 45.9 Å². The van der Waals surface area contributed by atoms with Crippen LogP contribution in [0.1, 0.15) is 17.9 Å². The second-order valence-corrected chi connectivity index (χ2v) is 9.53. The summed E-state index contributed by atoms with van der Waals surface area (Å²) in [5.41, 5.74) is 2.29. The molecule has 0 N–H and O–H groups in total. The third-order valence-corrected chi connectivity index (χ3v) is 6.61. The van der Waals surface area contributed by atoms with Crippen LogP contribution in [0.5, 0.6) is 5.75 Å². The molecule has 14 heteroatoms. The standard InChI is InChI=1S/C26H18F5N5O3S/c1-15-33-21(25(27)28)14-35(15)22-10-7-18(17-3-2-4-20(11-17)40(37)38)12-23(22)36-24(13-32-34-36)16-5-8-19(9-6-16)39-26(29,30)31/h2-14,25,40H,1H3. The number of hydrogen-bond donors (Lipinski definition) is 1. The lowest BCUT2D eigenvalue weighted by Gasteiger charge is -2.16. The summed E-state index contributed by atoms with van der Waals surface area (Å²) in [4.78, 5) is 4.04. The van der Waals surface area contributed by atoms with Crippen LogP contribution in [-0.2, 0) is 10.7 Å². The quantitative estimate of drug-likeness (QED) is 0.192.